The minimum absolute atomic E-state index is 0.329. The molecule has 0 unspecified atom stereocenters. The largest absolute Gasteiger partial charge is 0.461 e. The molecule has 1 aromatic carbocycles. The summed E-state index contributed by atoms with van der Waals surface area (Å²) in [6.45, 7) is 6.45. The first-order valence-corrected chi connectivity index (χ1v) is 6.43. The van der Waals surface area contributed by atoms with Crippen LogP contribution in [-0.4, -0.2) is 22.1 Å². The van der Waals surface area contributed by atoms with Gasteiger partial charge >= 0.3 is 5.97 Å². The topological polar surface area (TPSA) is 44.1 Å². The fourth-order valence-electron chi connectivity index (χ4n) is 1.81. The molecule has 100 valence electrons. The van der Waals surface area contributed by atoms with Crippen molar-refractivity contribution in [3.8, 4) is 5.69 Å². The van der Waals surface area contributed by atoms with Crippen LogP contribution >= 0.6 is 0 Å². The average Bonchev–Trinajstić information content (AvgIpc) is 2.89. The van der Waals surface area contributed by atoms with Crippen LogP contribution < -0.4 is 0 Å². The second-order valence-electron chi connectivity index (χ2n) is 4.63. The molecule has 4 heteroatoms. The lowest BCUT2D eigenvalue weighted by Gasteiger charge is -2.07. The number of imidazole rings is 1. The Kier molecular flexibility index (Phi) is 4.00. The lowest BCUT2D eigenvalue weighted by Crippen LogP contribution is -2.04. The Hall–Kier alpha value is -2.10. The molecule has 2 rings (SSSR count). The number of aromatic nitrogens is 2. The van der Waals surface area contributed by atoms with E-state index in [1.807, 2.05) is 16.7 Å². The quantitative estimate of drug-likeness (QED) is 0.791. The molecule has 0 saturated heterocycles. The molecule has 0 aliphatic heterocycles. The SMILES string of the molecule is CCOC(=O)c1cn(-c2ccc(C(C)C)cc2)cn1. The van der Waals surface area contributed by atoms with E-state index in [-0.39, 0.29) is 5.97 Å². The predicted molar refractivity (Wildman–Crippen MR) is 73.6 cm³/mol. The minimum Gasteiger partial charge on any atom is -0.461 e. The third-order valence-corrected chi connectivity index (χ3v) is 2.93. The fourth-order valence-corrected chi connectivity index (χ4v) is 1.81. The third-order valence-electron chi connectivity index (χ3n) is 2.93. The van der Waals surface area contributed by atoms with Gasteiger partial charge in [0.2, 0.25) is 0 Å². The molecule has 1 heterocycles. The number of rotatable bonds is 4. The maximum Gasteiger partial charge on any atom is 0.358 e. The standard InChI is InChI=1S/C15H18N2O2/c1-4-19-15(18)14-9-17(10-16-14)13-7-5-12(6-8-13)11(2)3/h5-11H,4H2,1-3H3. The van der Waals surface area contributed by atoms with Crippen molar-refractivity contribution in [1.29, 1.82) is 0 Å². The van der Waals surface area contributed by atoms with E-state index in [2.05, 4.69) is 31.0 Å². The van der Waals surface area contributed by atoms with Gasteiger partial charge < -0.3 is 9.30 Å². The molecule has 0 spiro atoms. The Labute approximate surface area is 113 Å². The summed E-state index contributed by atoms with van der Waals surface area (Å²) in [6.07, 6.45) is 3.30. The van der Waals surface area contributed by atoms with E-state index in [4.69, 9.17) is 4.74 Å². The van der Waals surface area contributed by atoms with Crippen molar-refractivity contribution in [2.45, 2.75) is 26.7 Å². The molecule has 0 bridgehead atoms. The number of carbonyl (C=O) groups is 1. The van der Waals surface area contributed by atoms with Crippen molar-refractivity contribution in [1.82, 2.24) is 9.55 Å². The maximum absolute atomic E-state index is 11.5. The van der Waals surface area contributed by atoms with Gasteiger partial charge in [-0.25, -0.2) is 9.78 Å². The van der Waals surface area contributed by atoms with E-state index in [9.17, 15) is 4.79 Å². The van der Waals surface area contributed by atoms with Crippen LogP contribution in [-0.2, 0) is 4.74 Å². The Morgan fingerprint density at radius 3 is 2.58 bits per heavy atom. The smallest absolute Gasteiger partial charge is 0.358 e. The zero-order chi connectivity index (χ0) is 13.8. The molecule has 4 nitrogen and oxygen atoms in total. The van der Waals surface area contributed by atoms with Gasteiger partial charge in [0.15, 0.2) is 5.69 Å². The number of hydrogen-bond donors (Lipinski definition) is 0. The molecule has 0 radical (unpaired) electrons. The Morgan fingerprint density at radius 1 is 1.32 bits per heavy atom. The Balaban J connectivity index is 2.20. The van der Waals surface area contributed by atoms with Gasteiger partial charge in [0.25, 0.3) is 0 Å². The summed E-state index contributed by atoms with van der Waals surface area (Å²) in [6, 6.07) is 8.21. The van der Waals surface area contributed by atoms with Crippen LogP contribution in [0.1, 0.15) is 42.7 Å². The summed E-state index contributed by atoms with van der Waals surface area (Å²) >= 11 is 0. The number of nitrogens with zero attached hydrogens (tertiary/aromatic N) is 2. The van der Waals surface area contributed by atoms with Gasteiger partial charge in [0, 0.05) is 11.9 Å². The first-order valence-electron chi connectivity index (χ1n) is 6.43. The second-order valence-corrected chi connectivity index (χ2v) is 4.63. The number of ether oxygens (including phenoxy) is 1. The van der Waals surface area contributed by atoms with Crippen LogP contribution in [0.5, 0.6) is 0 Å². The average molecular weight is 258 g/mol. The van der Waals surface area contributed by atoms with Gasteiger partial charge in [-0.2, -0.15) is 0 Å². The lowest BCUT2D eigenvalue weighted by atomic mass is 10.0. The van der Waals surface area contributed by atoms with Crippen molar-refractivity contribution in [3.05, 3.63) is 48.0 Å². The van der Waals surface area contributed by atoms with Crippen LogP contribution in [0.2, 0.25) is 0 Å². The van der Waals surface area contributed by atoms with Crippen LogP contribution in [0.25, 0.3) is 5.69 Å². The predicted octanol–water partition coefficient (Wildman–Crippen LogP) is 3.17. The number of esters is 1. The molecule has 0 aliphatic rings. The van der Waals surface area contributed by atoms with Gasteiger partial charge in [-0.05, 0) is 30.5 Å². The monoisotopic (exact) mass is 258 g/mol. The molecule has 0 atom stereocenters. The van der Waals surface area contributed by atoms with Crippen molar-refractivity contribution in [3.63, 3.8) is 0 Å². The van der Waals surface area contributed by atoms with Crippen LogP contribution in [0, 0.1) is 0 Å². The van der Waals surface area contributed by atoms with Gasteiger partial charge in [0.1, 0.15) is 6.33 Å². The maximum atomic E-state index is 11.5. The molecule has 0 amide bonds. The van der Waals surface area contributed by atoms with E-state index in [0.717, 1.165) is 5.69 Å². The summed E-state index contributed by atoms with van der Waals surface area (Å²) in [4.78, 5) is 15.6. The summed E-state index contributed by atoms with van der Waals surface area (Å²) in [5.74, 6) is 0.118. The second kappa shape index (κ2) is 5.69. The normalized spacial score (nSPS) is 10.7. The zero-order valence-electron chi connectivity index (χ0n) is 11.5. The number of hydrogen-bond acceptors (Lipinski definition) is 3. The van der Waals surface area contributed by atoms with Crippen molar-refractivity contribution in [2.75, 3.05) is 6.61 Å². The van der Waals surface area contributed by atoms with Crippen molar-refractivity contribution < 1.29 is 9.53 Å². The molecule has 1 aromatic heterocycles. The fraction of sp³-hybridized carbons (Fsp3) is 0.333. The van der Waals surface area contributed by atoms with E-state index < -0.39 is 0 Å². The Bertz CT molecular complexity index is 556. The Morgan fingerprint density at radius 2 is 2.00 bits per heavy atom. The molecule has 0 aliphatic carbocycles. The molecule has 0 saturated carbocycles. The first-order chi connectivity index (χ1) is 9.11. The summed E-state index contributed by atoms with van der Waals surface area (Å²) in [5.41, 5.74) is 2.59. The van der Waals surface area contributed by atoms with Crippen LogP contribution in [0.3, 0.4) is 0 Å². The van der Waals surface area contributed by atoms with Crippen molar-refractivity contribution >= 4 is 5.97 Å². The molecule has 2 aromatic rings. The number of benzene rings is 1. The highest BCUT2D eigenvalue weighted by Gasteiger charge is 2.10. The highest BCUT2D eigenvalue weighted by molar-refractivity contribution is 5.87. The zero-order valence-corrected chi connectivity index (χ0v) is 11.5. The van der Waals surface area contributed by atoms with Crippen LogP contribution in [0.4, 0.5) is 0 Å². The molecule has 19 heavy (non-hydrogen) atoms. The summed E-state index contributed by atoms with van der Waals surface area (Å²) < 4.78 is 6.73. The van der Waals surface area contributed by atoms with Gasteiger partial charge in [0.05, 0.1) is 6.61 Å². The van der Waals surface area contributed by atoms with E-state index in [1.165, 1.54) is 5.56 Å². The van der Waals surface area contributed by atoms with Crippen LogP contribution in [0.15, 0.2) is 36.8 Å². The van der Waals surface area contributed by atoms with Gasteiger partial charge in [-0.3, -0.25) is 0 Å². The third kappa shape index (κ3) is 3.02. The molecular weight excluding hydrogens is 240 g/mol. The highest BCUT2D eigenvalue weighted by atomic mass is 16.5. The van der Waals surface area contributed by atoms with Gasteiger partial charge in [-0.1, -0.05) is 26.0 Å². The van der Waals surface area contributed by atoms with Crippen molar-refractivity contribution in [2.24, 2.45) is 0 Å². The molecule has 0 N–H and O–H groups in total. The number of carbonyl (C=O) groups excluding carboxylic acids is 1. The van der Waals surface area contributed by atoms with E-state index >= 15 is 0 Å². The van der Waals surface area contributed by atoms with E-state index in [0.29, 0.717) is 18.2 Å². The van der Waals surface area contributed by atoms with Gasteiger partial charge in [-0.15, -0.1) is 0 Å². The van der Waals surface area contributed by atoms with E-state index in [1.54, 1.807) is 19.4 Å². The summed E-state index contributed by atoms with van der Waals surface area (Å²) in [5, 5.41) is 0. The molecular formula is C15H18N2O2. The summed E-state index contributed by atoms with van der Waals surface area (Å²) in [7, 11) is 0. The highest BCUT2D eigenvalue weighted by Crippen LogP contribution is 2.17. The minimum atomic E-state index is -0.389. The lowest BCUT2D eigenvalue weighted by molar-refractivity contribution is 0.0520. The molecule has 0 fully saturated rings. The first kappa shape index (κ1) is 13.3.